The smallest absolute Gasteiger partial charge is 0.339 e. The number of benzene rings is 2. The van der Waals surface area contributed by atoms with Gasteiger partial charge in [0, 0.05) is 30.1 Å². The van der Waals surface area contributed by atoms with Crippen LogP contribution in [-0.2, 0) is 6.42 Å². The highest BCUT2D eigenvalue weighted by Gasteiger charge is 2.13. The van der Waals surface area contributed by atoms with Crippen molar-refractivity contribution in [1.29, 1.82) is 0 Å². The SMILES string of the molecule is COc1ccc2c(Cc3ccc(OCN4CCCCC4)cc3)c(C)c(=O)oc2c1. The van der Waals surface area contributed by atoms with Crippen LogP contribution >= 0.6 is 0 Å². The van der Waals surface area contributed by atoms with Crippen molar-refractivity contribution in [2.45, 2.75) is 32.6 Å². The second kappa shape index (κ2) is 8.70. The van der Waals surface area contributed by atoms with Gasteiger partial charge in [0.2, 0.25) is 0 Å². The molecule has 1 aliphatic heterocycles. The normalized spacial score (nSPS) is 14.8. The minimum atomic E-state index is -0.303. The highest BCUT2D eigenvalue weighted by atomic mass is 16.5. The lowest BCUT2D eigenvalue weighted by Crippen LogP contribution is -2.33. The molecule has 5 nitrogen and oxygen atoms in total. The molecule has 0 bridgehead atoms. The highest BCUT2D eigenvalue weighted by Crippen LogP contribution is 2.27. The fourth-order valence-electron chi connectivity index (χ4n) is 3.85. The second-order valence-electron chi connectivity index (χ2n) is 7.63. The molecule has 1 saturated heterocycles. The Morgan fingerprint density at radius 3 is 2.45 bits per heavy atom. The lowest BCUT2D eigenvalue weighted by Gasteiger charge is -2.26. The van der Waals surface area contributed by atoms with E-state index in [0.29, 0.717) is 30.0 Å². The molecule has 0 atom stereocenters. The van der Waals surface area contributed by atoms with Crippen LogP contribution in [-0.4, -0.2) is 31.8 Å². The van der Waals surface area contributed by atoms with Crippen LogP contribution in [0, 0.1) is 6.92 Å². The summed E-state index contributed by atoms with van der Waals surface area (Å²) in [7, 11) is 1.60. The summed E-state index contributed by atoms with van der Waals surface area (Å²) in [5.74, 6) is 1.55. The summed E-state index contributed by atoms with van der Waals surface area (Å²) in [4.78, 5) is 14.7. The van der Waals surface area contributed by atoms with E-state index in [1.807, 2.05) is 31.2 Å². The van der Waals surface area contributed by atoms with Gasteiger partial charge in [-0.15, -0.1) is 0 Å². The van der Waals surface area contributed by atoms with Crippen LogP contribution in [0.3, 0.4) is 0 Å². The number of nitrogens with zero attached hydrogens (tertiary/aromatic N) is 1. The summed E-state index contributed by atoms with van der Waals surface area (Å²) in [6.07, 6.45) is 4.50. The standard InChI is InChI=1S/C24H27NO4/c1-17-22(21-11-10-20(27-2)15-23(21)29-24(17)26)14-18-6-8-19(9-7-18)28-16-25-12-4-3-5-13-25/h6-11,15H,3-5,12-14,16H2,1-2H3. The molecule has 152 valence electrons. The first-order valence-corrected chi connectivity index (χ1v) is 10.2. The molecule has 0 aliphatic carbocycles. The zero-order valence-corrected chi connectivity index (χ0v) is 17.1. The van der Waals surface area contributed by atoms with Crippen molar-refractivity contribution in [2.75, 3.05) is 26.9 Å². The summed E-state index contributed by atoms with van der Waals surface area (Å²) in [5, 5.41) is 0.938. The molecular formula is C24H27NO4. The van der Waals surface area contributed by atoms with E-state index in [-0.39, 0.29) is 5.63 Å². The van der Waals surface area contributed by atoms with Gasteiger partial charge >= 0.3 is 5.63 Å². The minimum absolute atomic E-state index is 0.303. The number of fused-ring (bicyclic) bond motifs is 1. The van der Waals surface area contributed by atoms with Gasteiger partial charge in [-0.1, -0.05) is 18.6 Å². The molecule has 29 heavy (non-hydrogen) atoms. The van der Waals surface area contributed by atoms with E-state index < -0.39 is 0 Å². The number of hydrogen-bond donors (Lipinski definition) is 0. The average molecular weight is 393 g/mol. The molecule has 0 unspecified atom stereocenters. The largest absolute Gasteiger partial charge is 0.497 e. The van der Waals surface area contributed by atoms with Gasteiger partial charge in [0.15, 0.2) is 0 Å². The monoisotopic (exact) mass is 393 g/mol. The van der Waals surface area contributed by atoms with E-state index in [4.69, 9.17) is 13.9 Å². The van der Waals surface area contributed by atoms with Gasteiger partial charge in [-0.25, -0.2) is 4.79 Å². The molecule has 5 heteroatoms. The summed E-state index contributed by atoms with van der Waals surface area (Å²) in [6, 6.07) is 13.7. The maximum absolute atomic E-state index is 12.3. The van der Waals surface area contributed by atoms with Crippen LogP contribution in [0.15, 0.2) is 51.7 Å². The van der Waals surface area contributed by atoms with Gasteiger partial charge in [-0.3, -0.25) is 4.90 Å². The predicted molar refractivity (Wildman–Crippen MR) is 114 cm³/mol. The number of ether oxygens (including phenoxy) is 2. The quantitative estimate of drug-likeness (QED) is 0.576. The van der Waals surface area contributed by atoms with Crippen molar-refractivity contribution in [3.63, 3.8) is 0 Å². The third-order valence-electron chi connectivity index (χ3n) is 5.64. The van der Waals surface area contributed by atoms with Gasteiger partial charge in [-0.05, 0) is 61.6 Å². The number of likely N-dealkylation sites (tertiary alicyclic amines) is 1. The van der Waals surface area contributed by atoms with Gasteiger partial charge in [0.05, 0.1) is 7.11 Å². The van der Waals surface area contributed by atoms with Crippen molar-refractivity contribution in [3.8, 4) is 11.5 Å². The number of piperidine rings is 1. The molecule has 1 aromatic heterocycles. The maximum atomic E-state index is 12.3. The zero-order chi connectivity index (χ0) is 20.2. The highest BCUT2D eigenvalue weighted by molar-refractivity contribution is 5.83. The summed E-state index contributed by atoms with van der Waals surface area (Å²) in [6.45, 7) is 4.70. The lowest BCUT2D eigenvalue weighted by atomic mass is 9.98. The number of methoxy groups -OCH3 is 1. The van der Waals surface area contributed by atoms with Crippen molar-refractivity contribution < 1.29 is 13.9 Å². The number of rotatable bonds is 6. The van der Waals surface area contributed by atoms with Gasteiger partial charge in [0.1, 0.15) is 23.8 Å². The fourth-order valence-corrected chi connectivity index (χ4v) is 3.85. The van der Waals surface area contributed by atoms with Gasteiger partial charge in [-0.2, -0.15) is 0 Å². The van der Waals surface area contributed by atoms with Crippen LogP contribution in [0.5, 0.6) is 11.5 Å². The third-order valence-corrected chi connectivity index (χ3v) is 5.64. The first kappa shape index (κ1) is 19.5. The molecule has 0 saturated carbocycles. The van der Waals surface area contributed by atoms with Crippen molar-refractivity contribution >= 4 is 11.0 Å². The van der Waals surface area contributed by atoms with E-state index in [9.17, 15) is 4.79 Å². The summed E-state index contributed by atoms with van der Waals surface area (Å²) >= 11 is 0. The average Bonchev–Trinajstić information content (AvgIpc) is 2.76. The first-order valence-electron chi connectivity index (χ1n) is 10.2. The van der Waals surface area contributed by atoms with Gasteiger partial charge < -0.3 is 13.9 Å². The van der Waals surface area contributed by atoms with E-state index in [1.54, 1.807) is 13.2 Å². The van der Waals surface area contributed by atoms with Crippen LogP contribution < -0.4 is 15.1 Å². The molecule has 0 amide bonds. The van der Waals surface area contributed by atoms with E-state index >= 15 is 0 Å². The molecule has 0 spiro atoms. The number of hydrogen-bond acceptors (Lipinski definition) is 5. The van der Waals surface area contributed by atoms with E-state index in [1.165, 1.54) is 19.3 Å². The Morgan fingerprint density at radius 2 is 1.72 bits per heavy atom. The lowest BCUT2D eigenvalue weighted by molar-refractivity contribution is 0.106. The topological polar surface area (TPSA) is 51.9 Å². The molecule has 1 fully saturated rings. The summed E-state index contributed by atoms with van der Waals surface area (Å²) < 4.78 is 16.6. The van der Waals surface area contributed by atoms with E-state index in [2.05, 4.69) is 17.0 Å². The Morgan fingerprint density at radius 1 is 1.00 bits per heavy atom. The van der Waals surface area contributed by atoms with E-state index in [0.717, 1.165) is 35.4 Å². The molecule has 0 radical (unpaired) electrons. The van der Waals surface area contributed by atoms with Crippen LogP contribution in [0.4, 0.5) is 0 Å². The third kappa shape index (κ3) is 4.46. The Balaban J connectivity index is 1.52. The van der Waals surface area contributed by atoms with Crippen molar-refractivity contribution in [3.05, 3.63) is 69.6 Å². The Kier molecular flexibility index (Phi) is 5.86. The molecular weight excluding hydrogens is 366 g/mol. The van der Waals surface area contributed by atoms with Gasteiger partial charge in [0.25, 0.3) is 0 Å². The fraction of sp³-hybridized carbons (Fsp3) is 0.375. The molecule has 2 aromatic carbocycles. The molecule has 4 rings (SSSR count). The first-order chi connectivity index (χ1) is 14.1. The Hall–Kier alpha value is -2.79. The zero-order valence-electron chi connectivity index (χ0n) is 17.1. The molecule has 3 aromatic rings. The predicted octanol–water partition coefficient (Wildman–Crippen LogP) is 4.52. The van der Waals surface area contributed by atoms with Crippen molar-refractivity contribution in [2.24, 2.45) is 0 Å². The molecule has 0 N–H and O–H groups in total. The molecule has 1 aliphatic rings. The molecule has 2 heterocycles. The maximum Gasteiger partial charge on any atom is 0.339 e. The minimum Gasteiger partial charge on any atom is -0.497 e. The Labute approximate surface area is 170 Å². The van der Waals surface area contributed by atoms with Crippen LogP contribution in [0.1, 0.15) is 36.0 Å². The summed E-state index contributed by atoms with van der Waals surface area (Å²) in [5.41, 5.74) is 3.01. The van der Waals surface area contributed by atoms with Crippen molar-refractivity contribution in [1.82, 2.24) is 4.90 Å². The van der Waals surface area contributed by atoms with Crippen LogP contribution in [0.2, 0.25) is 0 Å². The second-order valence-corrected chi connectivity index (χ2v) is 7.63. The Bertz CT molecular complexity index is 1030. The van der Waals surface area contributed by atoms with Crippen LogP contribution in [0.25, 0.3) is 11.0 Å².